The molecule has 4 heteroatoms. The van der Waals surface area contributed by atoms with Crippen LogP contribution in [0.25, 0.3) is 0 Å². The highest BCUT2D eigenvalue weighted by Crippen LogP contribution is 2.33. The Kier molecular flexibility index (Phi) is 3.49. The monoisotopic (exact) mass is 229 g/mol. The molecule has 88 valence electrons. The van der Waals surface area contributed by atoms with Crippen molar-refractivity contribution in [2.45, 2.75) is 19.0 Å². The summed E-state index contributed by atoms with van der Waals surface area (Å²) in [5.41, 5.74) is -0.146. The van der Waals surface area contributed by atoms with E-state index in [4.69, 9.17) is 0 Å². The molecule has 0 bridgehead atoms. The Morgan fingerprint density at radius 1 is 1.19 bits per heavy atom. The van der Waals surface area contributed by atoms with Crippen molar-refractivity contribution in [2.24, 2.45) is 5.92 Å². The normalized spacial score (nSPS) is 19.7. The quantitative estimate of drug-likeness (QED) is 0.822. The maximum atomic E-state index is 14.0. The summed E-state index contributed by atoms with van der Waals surface area (Å²) in [6.07, 6.45) is -0.0772. The van der Waals surface area contributed by atoms with Gasteiger partial charge in [-0.3, -0.25) is 0 Å². The van der Waals surface area contributed by atoms with Gasteiger partial charge in [-0.05, 0) is 50.0 Å². The average Bonchev–Trinajstić information content (AvgIpc) is 2.32. The Labute approximate surface area is 92.7 Å². The number of benzene rings is 1. The molecule has 1 aromatic rings. The minimum atomic E-state index is -1.40. The van der Waals surface area contributed by atoms with Crippen LogP contribution in [-0.2, 0) is 0 Å². The molecule has 0 aromatic heterocycles. The maximum Gasteiger partial charge on any atom is 0.131 e. The van der Waals surface area contributed by atoms with Crippen molar-refractivity contribution in [3.8, 4) is 0 Å². The van der Waals surface area contributed by atoms with Gasteiger partial charge >= 0.3 is 0 Å². The van der Waals surface area contributed by atoms with Crippen LogP contribution in [-0.4, -0.2) is 13.1 Å². The second kappa shape index (κ2) is 4.87. The molecule has 1 nitrogen and oxygen atoms in total. The largest absolute Gasteiger partial charge is 0.317 e. The number of piperidine rings is 1. The highest BCUT2D eigenvalue weighted by Gasteiger charge is 2.27. The summed E-state index contributed by atoms with van der Waals surface area (Å²) in [7, 11) is 0. The van der Waals surface area contributed by atoms with E-state index >= 15 is 0 Å². The fourth-order valence-corrected chi connectivity index (χ4v) is 2.12. The molecule has 2 rings (SSSR count). The first kappa shape index (κ1) is 11.5. The molecule has 0 saturated carbocycles. The topological polar surface area (TPSA) is 12.0 Å². The van der Waals surface area contributed by atoms with E-state index in [-0.39, 0.29) is 11.5 Å². The van der Waals surface area contributed by atoms with Gasteiger partial charge in [-0.1, -0.05) is 0 Å². The molecule has 1 N–H and O–H groups in total. The molecule has 0 amide bonds. The Morgan fingerprint density at radius 2 is 1.88 bits per heavy atom. The van der Waals surface area contributed by atoms with Gasteiger partial charge in [0.15, 0.2) is 0 Å². The maximum absolute atomic E-state index is 14.0. The first-order valence-corrected chi connectivity index (χ1v) is 5.48. The predicted molar refractivity (Wildman–Crippen MR) is 55.8 cm³/mol. The van der Waals surface area contributed by atoms with Crippen LogP contribution in [0.3, 0.4) is 0 Å². The Morgan fingerprint density at radius 3 is 2.56 bits per heavy atom. The number of hydrogen-bond donors (Lipinski definition) is 1. The van der Waals surface area contributed by atoms with Gasteiger partial charge in [-0.25, -0.2) is 13.2 Å². The molecule has 1 atom stereocenters. The summed E-state index contributed by atoms with van der Waals surface area (Å²) in [5, 5.41) is 3.11. The lowest BCUT2D eigenvalue weighted by Gasteiger charge is -2.26. The third-order valence-corrected chi connectivity index (χ3v) is 3.05. The fourth-order valence-electron chi connectivity index (χ4n) is 2.12. The van der Waals surface area contributed by atoms with Gasteiger partial charge in [-0.15, -0.1) is 0 Å². The van der Waals surface area contributed by atoms with Gasteiger partial charge in [0.05, 0.1) is 0 Å². The van der Waals surface area contributed by atoms with Crippen molar-refractivity contribution < 1.29 is 13.2 Å². The van der Waals surface area contributed by atoms with Gasteiger partial charge < -0.3 is 5.32 Å². The van der Waals surface area contributed by atoms with Crippen LogP contribution in [0.4, 0.5) is 13.2 Å². The molecule has 0 unspecified atom stereocenters. The molecule has 1 aromatic carbocycles. The van der Waals surface area contributed by atoms with Crippen LogP contribution in [0.15, 0.2) is 18.2 Å². The highest BCUT2D eigenvalue weighted by atomic mass is 19.1. The lowest BCUT2D eigenvalue weighted by molar-refractivity contribution is 0.185. The zero-order valence-electron chi connectivity index (χ0n) is 8.85. The minimum absolute atomic E-state index is 0.146. The second-order valence-electron chi connectivity index (χ2n) is 4.16. The summed E-state index contributed by atoms with van der Waals surface area (Å²) in [6.45, 7) is 1.48. The zero-order chi connectivity index (χ0) is 11.5. The zero-order valence-corrected chi connectivity index (χ0v) is 8.85. The third kappa shape index (κ3) is 2.38. The summed E-state index contributed by atoms with van der Waals surface area (Å²) in [5.74, 6) is -1.46. The van der Waals surface area contributed by atoms with Crippen LogP contribution < -0.4 is 5.32 Å². The molecule has 1 aliphatic rings. The summed E-state index contributed by atoms with van der Waals surface area (Å²) in [6, 6.07) is 2.95. The van der Waals surface area contributed by atoms with Gasteiger partial charge in [0, 0.05) is 5.56 Å². The predicted octanol–water partition coefficient (Wildman–Crippen LogP) is 2.98. The summed E-state index contributed by atoms with van der Waals surface area (Å²) < 4.78 is 40.3. The van der Waals surface area contributed by atoms with Crippen LogP contribution in [0.5, 0.6) is 0 Å². The number of rotatable bonds is 2. The smallest absolute Gasteiger partial charge is 0.131 e. The molecule has 1 heterocycles. The highest BCUT2D eigenvalue weighted by molar-refractivity contribution is 5.21. The Balaban J connectivity index is 2.18. The van der Waals surface area contributed by atoms with Gasteiger partial charge in [-0.2, -0.15) is 0 Å². The van der Waals surface area contributed by atoms with E-state index in [9.17, 15) is 13.2 Å². The summed E-state index contributed by atoms with van der Waals surface area (Å²) >= 11 is 0. The number of halogens is 3. The number of hydrogen-bond acceptors (Lipinski definition) is 1. The minimum Gasteiger partial charge on any atom is -0.317 e. The van der Waals surface area contributed by atoms with E-state index in [0.29, 0.717) is 12.8 Å². The lowest BCUT2D eigenvalue weighted by Crippen LogP contribution is -2.30. The molecule has 0 radical (unpaired) electrons. The van der Waals surface area contributed by atoms with Gasteiger partial charge in [0.2, 0.25) is 0 Å². The standard InChI is InChI=1S/C12H14F3N/c13-9-1-2-11(14)10(7-9)12(15)8-3-5-16-6-4-8/h1-2,7-8,12,16H,3-6H2/t12-/m1/s1. The van der Waals surface area contributed by atoms with E-state index in [1.807, 2.05) is 0 Å². The third-order valence-electron chi connectivity index (χ3n) is 3.05. The van der Waals surface area contributed by atoms with Crippen molar-refractivity contribution in [2.75, 3.05) is 13.1 Å². The van der Waals surface area contributed by atoms with Crippen LogP contribution in [0.1, 0.15) is 24.6 Å². The SMILES string of the molecule is Fc1ccc(F)c([C@H](F)C2CCNCC2)c1. The lowest BCUT2D eigenvalue weighted by atomic mass is 9.89. The van der Waals surface area contributed by atoms with Crippen molar-refractivity contribution in [3.63, 3.8) is 0 Å². The van der Waals surface area contributed by atoms with Crippen molar-refractivity contribution in [1.82, 2.24) is 5.32 Å². The molecule has 0 spiro atoms. The molecule has 1 fully saturated rings. The van der Waals surface area contributed by atoms with Gasteiger partial charge in [0.25, 0.3) is 0 Å². The van der Waals surface area contributed by atoms with Crippen LogP contribution in [0.2, 0.25) is 0 Å². The van der Waals surface area contributed by atoms with E-state index in [1.165, 1.54) is 0 Å². The molecule has 0 aliphatic carbocycles. The van der Waals surface area contributed by atoms with E-state index in [1.54, 1.807) is 0 Å². The van der Waals surface area contributed by atoms with Crippen molar-refractivity contribution in [3.05, 3.63) is 35.4 Å². The van der Waals surface area contributed by atoms with Crippen LogP contribution >= 0.6 is 0 Å². The van der Waals surface area contributed by atoms with Crippen LogP contribution in [0, 0.1) is 17.6 Å². The molecule has 1 aliphatic heterocycles. The Hall–Kier alpha value is -1.03. The van der Waals surface area contributed by atoms with E-state index in [2.05, 4.69) is 5.32 Å². The van der Waals surface area contributed by atoms with Crippen molar-refractivity contribution >= 4 is 0 Å². The molecular formula is C12H14F3N. The van der Waals surface area contributed by atoms with E-state index < -0.39 is 17.8 Å². The molecular weight excluding hydrogens is 215 g/mol. The average molecular weight is 229 g/mol. The van der Waals surface area contributed by atoms with Gasteiger partial charge in [0.1, 0.15) is 17.8 Å². The number of nitrogens with one attached hydrogen (secondary N) is 1. The first-order valence-electron chi connectivity index (χ1n) is 5.48. The number of alkyl halides is 1. The van der Waals surface area contributed by atoms with E-state index in [0.717, 1.165) is 31.3 Å². The molecule has 16 heavy (non-hydrogen) atoms. The second-order valence-corrected chi connectivity index (χ2v) is 4.16. The first-order chi connectivity index (χ1) is 7.68. The Bertz CT molecular complexity index is 361. The van der Waals surface area contributed by atoms with Crippen molar-refractivity contribution in [1.29, 1.82) is 0 Å². The molecule has 1 saturated heterocycles. The fraction of sp³-hybridized carbons (Fsp3) is 0.500. The summed E-state index contributed by atoms with van der Waals surface area (Å²) in [4.78, 5) is 0.